The lowest BCUT2D eigenvalue weighted by Crippen LogP contribution is -2.20. The van der Waals surface area contributed by atoms with Crippen molar-refractivity contribution >= 4 is 5.78 Å². The lowest BCUT2D eigenvalue weighted by molar-refractivity contribution is 0.0883. The summed E-state index contributed by atoms with van der Waals surface area (Å²) in [6.45, 7) is 10.4. The molecule has 0 unspecified atom stereocenters. The van der Waals surface area contributed by atoms with Gasteiger partial charge >= 0.3 is 0 Å². The Kier molecular flexibility index (Phi) is 5.39. The number of ketones is 1. The Balaban J connectivity index is 2.55. The first kappa shape index (κ1) is 14.7. The highest BCUT2D eigenvalue weighted by atomic mass is 16.5. The number of hydrogen-bond donors (Lipinski definition) is 0. The van der Waals surface area contributed by atoms with Gasteiger partial charge in [-0.3, -0.25) is 4.79 Å². The molecule has 0 aromatic heterocycles. The van der Waals surface area contributed by atoms with E-state index in [1.807, 2.05) is 38.1 Å². The number of carbonyl (C=O) groups excluding carboxylic acids is 1. The van der Waals surface area contributed by atoms with E-state index in [4.69, 9.17) is 4.74 Å². The van der Waals surface area contributed by atoms with Gasteiger partial charge in [0.25, 0.3) is 0 Å². The van der Waals surface area contributed by atoms with Crippen molar-refractivity contribution in [2.24, 2.45) is 5.41 Å². The highest BCUT2D eigenvalue weighted by Gasteiger charge is 2.22. The average Bonchev–Trinajstić information content (AvgIpc) is 2.33. The Morgan fingerprint density at radius 1 is 1.22 bits per heavy atom. The van der Waals surface area contributed by atoms with E-state index in [2.05, 4.69) is 13.8 Å². The van der Waals surface area contributed by atoms with Gasteiger partial charge in [0.15, 0.2) is 5.78 Å². The summed E-state index contributed by atoms with van der Waals surface area (Å²) in [5, 5.41) is 0. The maximum absolute atomic E-state index is 12.0. The van der Waals surface area contributed by atoms with Gasteiger partial charge in [-0.2, -0.15) is 0 Å². The minimum Gasteiger partial charge on any atom is -0.494 e. The van der Waals surface area contributed by atoms with Crippen LogP contribution in [0.3, 0.4) is 0 Å². The van der Waals surface area contributed by atoms with Crippen molar-refractivity contribution in [2.75, 3.05) is 6.61 Å². The van der Waals surface area contributed by atoms with Crippen LogP contribution in [-0.4, -0.2) is 12.4 Å². The molecule has 2 nitrogen and oxygen atoms in total. The number of hydrogen-bond acceptors (Lipinski definition) is 2. The van der Waals surface area contributed by atoms with Crippen LogP contribution >= 0.6 is 0 Å². The molecule has 0 aliphatic carbocycles. The predicted molar refractivity (Wildman–Crippen MR) is 74.9 cm³/mol. The smallest absolute Gasteiger partial charge is 0.168 e. The van der Waals surface area contributed by atoms with Crippen LogP contribution in [0.4, 0.5) is 0 Å². The van der Waals surface area contributed by atoms with Crippen LogP contribution in [0.25, 0.3) is 0 Å². The second kappa shape index (κ2) is 6.58. The molecule has 0 atom stereocenters. The van der Waals surface area contributed by atoms with E-state index in [9.17, 15) is 4.79 Å². The molecule has 0 saturated carbocycles. The van der Waals surface area contributed by atoms with Crippen LogP contribution in [0.15, 0.2) is 24.3 Å². The fraction of sp³-hybridized carbons (Fsp3) is 0.500. The van der Waals surface area contributed by atoms with Crippen LogP contribution in [0.2, 0.25) is 0 Å². The first-order valence-electron chi connectivity index (χ1n) is 6.58. The largest absolute Gasteiger partial charge is 0.494 e. The van der Waals surface area contributed by atoms with E-state index >= 15 is 0 Å². The third kappa shape index (κ3) is 4.52. The molecule has 0 aliphatic rings. The molecular weight excluding hydrogens is 224 g/mol. The van der Waals surface area contributed by atoms with Gasteiger partial charge in [-0.15, -0.1) is 0 Å². The van der Waals surface area contributed by atoms with Crippen molar-refractivity contribution in [1.29, 1.82) is 0 Å². The molecule has 1 radical (unpaired) electrons. The molecule has 18 heavy (non-hydrogen) atoms. The Morgan fingerprint density at radius 2 is 1.83 bits per heavy atom. The number of unbranched alkanes of at least 4 members (excludes halogenated alkanes) is 2. The molecule has 0 bridgehead atoms. The molecule has 1 rings (SSSR count). The third-order valence-electron chi connectivity index (χ3n) is 2.75. The van der Waals surface area contributed by atoms with E-state index in [-0.39, 0.29) is 5.78 Å². The number of rotatable bonds is 7. The zero-order valence-electron chi connectivity index (χ0n) is 11.7. The fourth-order valence-electron chi connectivity index (χ4n) is 1.64. The summed E-state index contributed by atoms with van der Waals surface area (Å²) in [7, 11) is 0. The highest BCUT2D eigenvalue weighted by molar-refractivity contribution is 6.00. The summed E-state index contributed by atoms with van der Waals surface area (Å²) < 4.78 is 5.60. The molecule has 1 aromatic carbocycles. The summed E-state index contributed by atoms with van der Waals surface area (Å²) in [5.41, 5.74) is 0.111. The highest BCUT2D eigenvalue weighted by Crippen LogP contribution is 2.22. The van der Waals surface area contributed by atoms with E-state index in [0.29, 0.717) is 5.56 Å². The fourth-order valence-corrected chi connectivity index (χ4v) is 1.64. The Morgan fingerprint density at radius 3 is 2.33 bits per heavy atom. The monoisotopic (exact) mass is 247 g/mol. The molecule has 0 aliphatic heterocycles. The number of Topliss-reactive ketones (excluding diaryl/α,β-unsaturated/α-hetero) is 1. The van der Waals surface area contributed by atoms with Gasteiger partial charge in [-0.1, -0.05) is 33.6 Å². The van der Waals surface area contributed by atoms with E-state index in [1.165, 1.54) is 12.8 Å². The first-order valence-corrected chi connectivity index (χ1v) is 6.58. The second-order valence-corrected chi connectivity index (χ2v) is 5.29. The van der Waals surface area contributed by atoms with Crippen molar-refractivity contribution in [1.82, 2.24) is 0 Å². The normalized spacial score (nSPS) is 11.3. The lowest BCUT2D eigenvalue weighted by atomic mass is 9.86. The Bertz CT molecular complexity index is 371. The molecule has 0 spiro atoms. The first-order chi connectivity index (χ1) is 8.45. The molecule has 0 saturated heterocycles. The van der Waals surface area contributed by atoms with Crippen LogP contribution < -0.4 is 4.74 Å². The molecular formula is C16H23O2. The summed E-state index contributed by atoms with van der Waals surface area (Å²) in [4.78, 5) is 12.0. The Hall–Kier alpha value is -1.31. The van der Waals surface area contributed by atoms with Crippen molar-refractivity contribution < 1.29 is 9.53 Å². The number of benzene rings is 1. The zero-order valence-corrected chi connectivity index (χ0v) is 11.7. The molecule has 0 heterocycles. The van der Waals surface area contributed by atoms with Crippen LogP contribution in [0.1, 0.15) is 50.4 Å². The quantitative estimate of drug-likeness (QED) is 0.530. The van der Waals surface area contributed by atoms with Crippen molar-refractivity contribution in [3.63, 3.8) is 0 Å². The number of carbonyl (C=O) groups is 1. The van der Waals surface area contributed by atoms with Gasteiger partial charge < -0.3 is 4.74 Å². The van der Waals surface area contributed by atoms with Crippen LogP contribution in [0, 0.1) is 12.3 Å². The van der Waals surface area contributed by atoms with E-state index < -0.39 is 5.41 Å². The van der Waals surface area contributed by atoms with Crippen molar-refractivity contribution in [3.8, 4) is 5.75 Å². The SMILES string of the molecule is [CH2]C(C)(C)C(=O)c1ccc(OCCCCC)cc1. The zero-order chi connectivity index (χ0) is 13.6. The minimum absolute atomic E-state index is 0.0556. The van der Waals surface area contributed by atoms with Gasteiger partial charge in [-0.25, -0.2) is 0 Å². The summed E-state index contributed by atoms with van der Waals surface area (Å²) in [6, 6.07) is 7.32. The topological polar surface area (TPSA) is 26.3 Å². The van der Waals surface area contributed by atoms with Crippen molar-refractivity contribution in [2.45, 2.75) is 40.0 Å². The molecule has 0 amide bonds. The number of ether oxygens (including phenoxy) is 1. The predicted octanol–water partition coefficient (Wildman–Crippen LogP) is 4.30. The van der Waals surface area contributed by atoms with Gasteiger partial charge in [0.1, 0.15) is 5.75 Å². The summed E-state index contributed by atoms with van der Waals surface area (Å²) >= 11 is 0. The van der Waals surface area contributed by atoms with Gasteiger partial charge in [0, 0.05) is 11.0 Å². The van der Waals surface area contributed by atoms with Crippen LogP contribution in [0.5, 0.6) is 5.75 Å². The third-order valence-corrected chi connectivity index (χ3v) is 2.75. The summed E-state index contributed by atoms with van der Waals surface area (Å²) in [5.74, 6) is 0.879. The molecule has 0 fully saturated rings. The summed E-state index contributed by atoms with van der Waals surface area (Å²) in [6.07, 6.45) is 3.45. The van der Waals surface area contributed by atoms with Crippen molar-refractivity contribution in [3.05, 3.63) is 36.8 Å². The minimum atomic E-state index is -0.580. The lowest BCUT2D eigenvalue weighted by Gasteiger charge is -2.16. The van der Waals surface area contributed by atoms with E-state index in [1.54, 1.807) is 0 Å². The van der Waals surface area contributed by atoms with Crippen LogP contribution in [-0.2, 0) is 0 Å². The molecule has 2 heteroatoms. The maximum Gasteiger partial charge on any atom is 0.168 e. The van der Waals surface area contributed by atoms with Gasteiger partial charge in [0.2, 0.25) is 0 Å². The standard InChI is InChI=1S/C16H23O2/c1-5-6-7-12-18-14-10-8-13(9-11-14)15(17)16(2,3)4/h8-11H,2,5-7,12H2,1,3-4H3. The van der Waals surface area contributed by atoms with E-state index in [0.717, 1.165) is 18.8 Å². The second-order valence-electron chi connectivity index (χ2n) is 5.29. The molecule has 1 aromatic rings. The van der Waals surface area contributed by atoms with Gasteiger partial charge in [-0.05, 0) is 37.6 Å². The Labute approximate surface area is 110 Å². The molecule has 0 N–H and O–H groups in total. The maximum atomic E-state index is 12.0. The van der Waals surface area contributed by atoms with Gasteiger partial charge in [0.05, 0.1) is 6.61 Å². The average molecular weight is 247 g/mol. The molecule has 99 valence electrons.